The van der Waals surface area contributed by atoms with E-state index in [1.807, 2.05) is 6.92 Å². The van der Waals surface area contributed by atoms with Gasteiger partial charge in [0.25, 0.3) is 5.56 Å². The van der Waals surface area contributed by atoms with Gasteiger partial charge in [0.15, 0.2) is 5.16 Å². The first-order valence-electron chi connectivity index (χ1n) is 8.23. The van der Waals surface area contributed by atoms with Crippen LogP contribution in [0.3, 0.4) is 0 Å². The Morgan fingerprint density at radius 2 is 2.00 bits per heavy atom. The molecule has 10 heteroatoms. The molecule has 0 unspecified atom stereocenters. The summed E-state index contributed by atoms with van der Waals surface area (Å²) in [5, 5.41) is 5.26. The van der Waals surface area contributed by atoms with Crippen molar-refractivity contribution in [3.63, 3.8) is 0 Å². The number of fused-ring (bicyclic) bond motifs is 1. The lowest BCUT2D eigenvalue weighted by Gasteiger charge is -2.12. The number of carbonyl (C=O) groups excluding carboxylic acids is 3. The third-order valence-corrected chi connectivity index (χ3v) is 4.44. The number of ether oxygens (including phenoxy) is 1. The number of imide groups is 1. The first-order chi connectivity index (χ1) is 13.0. The van der Waals surface area contributed by atoms with Crippen LogP contribution in [-0.4, -0.2) is 46.9 Å². The SMILES string of the molecule is CCCNC(=O)NC(=O)CSc1nc2ccccc2c(=O)n1CC(=O)OC. The molecule has 0 saturated carbocycles. The van der Waals surface area contributed by atoms with E-state index in [0.29, 0.717) is 17.4 Å². The van der Waals surface area contributed by atoms with Crippen LogP contribution in [0.25, 0.3) is 10.9 Å². The summed E-state index contributed by atoms with van der Waals surface area (Å²) in [6, 6.07) is 6.13. The fraction of sp³-hybridized carbons (Fsp3) is 0.353. The second-order valence-corrected chi connectivity index (χ2v) is 6.41. The van der Waals surface area contributed by atoms with Gasteiger partial charge in [0.05, 0.1) is 23.8 Å². The van der Waals surface area contributed by atoms with Crippen molar-refractivity contribution in [2.45, 2.75) is 25.0 Å². The Balaban J connectivity index is 2.21. The van der Waals surface area contributed by atoms with Crippen LogP contribution in [0, 0.1) is 0 Å². The van der Waals surface area contributed by atoms with E-state index in [4.69, 9.17) is 0 Å². The van der Waals surface area contributed by atoms with Crippen molar-refractivity contribution in [3.8, 4) is 0 Å². The number of hydrogen-bond donors (Lipinski definition) is 2. The molecule has 1 aromatic carbocycles. The Labute approximate surface area is 159 Å². The lowest BCUT2D eigenvalue weighted by Crippen LogP contribution is -2.40. The predicted molar refractivity (Wildman–Crippen MR) is 101 cm³/mol. The van der Waals surface area contributed by atoms with Gasteiger partial charge in [0.1, 0.15) is 6.54 Å². The van der Waals surface area contributed by atoms with E-state index in [9.17, 15) is 19.2 Å². The molecule has 0 spiro atoms. The summed E-state index contributed by atoms with van der Waals surface area (Å²) >= 11 is 0.954. The molecule has 1 aromatic heterocycles. The van der Waals surface area contributed by atoms with E-state index in [0.717, 1.165) is 22.7 Å². The van der Waals surface area contributed by atoms with Crippen LogP contribution in [-0.2, 0) is 20.9 Å². The first kappa shape index (κ1) is 20.4. The monoisotopic (exact) mass is 392 g/mol. The Kier molecular flexibility index (Phi) is 7.35. The molecule has 0 saturated heterocycles. The van der Waals surface area contributed by atoms with E-state index in [1.165, 1.54) is 7.11 Å². The zero-order valence-electron chi connectivity index (χ0n) is 15.0. The van der Waals surface area contributed by atoms with Crippen LogP contribution in [0.15, 0.2) is 34.2 Å². The molecule has 1 heterocycles. The molecule has 0 aliphatic carbocycles. The normalized spacial score (nSPS) is 10.4. The molecule has 2 aromatic rings. The summed E-state index contributed by atoms with van der Waals surface area (Å²) in [7, 11) is 1.22. The van der Waals surface area contributed by atoms with Gasteiger partial charge < -0.3 is 10.1 Å². The van der Waals surface area contributed by atoms with Gasteiger partial charge in [0.2, 0.25) is 5.91 Å². The molecule has 9 nitrogen and oxygen atoms in total. The van der Waals surface area contributed by atoms with E-state index >= 15 is 0 Å². The lowest BCUT2D eigenvalue weighted by molar-refractivity contribution is -0.141. The van der Waals surface area contributed by atoms with Crippen molar-refractivity contribution in [1.29, 1.82) is 0 Å². The molecular formula is C17H20N4O5S. The zero-order chi connectivity index (χ0) is 19.8. The lowest BCUT2D eigenvalue weighted by atomic mass is 10.2. The highest BCUT2D eigenvalue weighted by Crippen LogP contribution is 2.17. The minimum Gasteiger partial charge on any atom is -0.468 e. The molecule has 144 valence electrons. The number of benzene rings is 1. The van der Waals surface area contributed by atoms with Crippen molar-refractivity contribution in [3.05, 3.63) is 34.6 Å². The predicted octanol–water partition coefficient (Wildman–Crippen LogP) is 0.897. The van der Waals surface area contributed by atoms with Crippen LogP contribution in [0.2, 0.25) is 0 Å². The summed E-state index contributed by atoms with van der Waals surface area (Å²) < 4.78 is 5.78. The maximum absolute atomic E-state index is 12.7. The molecule has 0 fully saturated rings. The van der Waals surface area contributed by atoms with Gasteiger partial charge >= 0.3 is 12.0 Å². The van der Waals surface area contributed by atoms with Gasteiger partial charge in [-0.1, -0.05) is 30.8 Å². The minimum atomic E-state index is -0.612. The summed E-state index contributed by atoms with van der Waals surface area (Å²) in [5.74, 6) is -1.30. The molecule has 0 bridgehead atoms. The van der Waals surface area contributed by atoms with Gasteiger partial charge in [-0.15, -0.1) is 0 Å². The van der Waals surface area contributed by atoms with E-state index in [-0.39, 0.29) is 17.5 Å². The van der Waals surface area contributed by atoms with Crippen LogP contribution in [0.5, 0.6) is 0 Å². The van der Waals surface area contributed by atoms with Crippen molar-refractivity contribution in [2.75, 3.05) is 19.4 Å². The standard InChI is InChI=1S/C17H20N4O5S/c1-3-8-18-16(25)20-13(22)10-27-17-19-12-7-5-4-6-11(12)15(24)21(17)9-14(23)26-2/h4-7H,3,8-10H2,1-2H3,(H2,18,20,22,25). The second kappa shape index (κ2) is 9.72. The quantitative estimate of drug-likeness (QED) is 0.408. The van der Waals surface area contributed by atoms with Crippen molar-refractivity contribution in [2.24, 2.45) is 0 Å². The number of amides is 3. The third kappa shape index (κ3) is 5.55. The van der Waals surface area contributed by atoms with E-state index in [1.54, 1.807) is 24.3 Å². The molecule has 0 atom stereocenters. The number of thioether (sulfide) groups is 1. The summed E-state index contributed by atoms with van der Waals surface area (Å²) in [5.41, 5.74) is 0.0433. The zero-order valence-corrected chi connectivity index (χ0v) is 15.8. The number of hydrogen-bond acceptors (Lipinski definition) is 7. The summed E-state index contributed by atoms with van der Waals surface area (Å²) in [6.07, 6.45) is 0.747. The highest BCUT2D eigenvalue weighted by Gasteiger charge is 2.16. The Morgan fingerprint density at radius 1 is 1.26 bits per heavy atom. The van der Waals surface area contributed by atoms with Gasteiger partial charge in [-0.05, 0) is 18.6 Å². The molecule has 0 aliphatic rings. The number of nitrogens with zero attached hydrogens (tertiary/aromatic N) is 2. The third-order valence-electron chi connectivity index (χ3n) is 3.46. The van der Waals surface area contributed by atoms with Gasteiger partial charge in [-0.2, -0.15) is 0 Å². The van der Waals surface area contributed by atoms with Gasteiger partial charge in [0, 0.05) is 6.54 Å². The fourth-order valence-corrected chi connectivity index (χ4v) is 2.97. The first-order valence-corrected chi connectivity index (χ1v) is 9.21. The Morgan fingerprint density at radius 3 is 2.70 bits per heavy atom. The van der Waals surface area contributed by atoms with Gasteiger partial charge in [-0.3, -0.25) is 24.3 Å². The van der Waals surface area contributed by atoms with Crippen LogP contribution in [0.4, 0.5) is 4.79 Å². The van der Waals surface area contributed by atoms with Crippen LogP contribution in [0.1, 0.15) is 13.3 Å². The maximum Gasteiger partial charge on any atom is 0.325 e. The van der Waals surface area contributed by atoms with Crippen LogP contribution < -0.4 is 16.2 Å². The highest BCUT2D eigenvalue weighted by molar-refractivity contribution is 7.99. The largest absolute Gasteiger partial charge is 0.468 e. The smallest absolute Gasteiger partial charge is 0.325 e. The second-order valence-electron chi connectivity index (χ2n) is 5.47. The summed E-state index contributed by atoms with van der Waals surface area (Å²) in [4.78, 5) is 52.1. The molecule has 2 N–H and O–H groups in total. The molecule has 27 heavy (non-hydrogen) atoms. The fourth-order valence-electron chi connectivity index (χ4n) is 2.17. The average Bonchev–Trinajstić information content (AvgIpc) is 2.67. The van der Waals surface area contributed by atoms with E-state index < -0.39 is 23.5 Å². The number of urea groups is 1. The van der Waals surface area contributed by atoms with Crippen molar-refractivity contribution in [1.82, 2.24) is 20.2 Å². The Bertz CT molecular complexity index is 912. The average molecular weight is 392 g/mol. The molecule has 2 rings (SSSR count). The molecule has 0 aliphatic heterocycles. The van der Waals surface area contributed by atoms with Crippen molar-refractivity contribution >= 4 is 40.6 Å². The number of carbonyl (C=O) groups is 3. The van der Waals surface area contributed by atoms with E-state index in [2.05, 4.69) is 20.4 Å². The molecule has 3 amide bonds. The number of nitrogens with one attached hydrogen (secondary N) is 2. The molecular weight excluding hydrogens is 372 g/mol. The topological polar surface area (TPSA) is 119 Å². The van der Waals surface area contributed by atoms with Crippen LogP contribution >= 0.6 is 11.8 Å². The van der Waals surface area contributed by atoms with Gasteiger partial charge in [-0.25, -0.2) is 9.78 Å². The number of esters is 1. The number of aromatic nitrogens is 2. The minimum absolute atomic E-state index is 0.147. The number of rotatable bonds is 7. The number of methoxy groups -OCH3 is 1. The molecule has 0 radical (unpaired) electrons. The summed E-state index contributed by atoms with van der Waals surface area (Å²) in [6.45, 7) is 2.02. The number of para-hydroxylation sites is 1. The Hall–Kier alpha value is -2.88. The maximum atomic E-state index is 12.7. The highest BCUT2D eigenvalue weighted by atomic mass is 32.2. The van der Waals surface area contributed by atoms with Crippen molar-refractivity contribution < 1.29 is 19.1 Å².